The highest BCUT2D eigenvalue weighted by molar-refractivity contribution is 6.37. The Bertz CT molecular complexity index is 1390. The van der Waals surface area contributed by atoms with E-state index in [0.29, 0.717) is 34.5 Å². The summed E-state index contributed by atoms with van der Waals surface area (Å²) < 4.78 is 16.8. The van der Waals surface area contributed by atoms with Gasteiger partial charge < -0.3 is 24.2 Å². The first-order valence-corrected chi connectivity index (χ1v) is 14.1. The lowest BCUT2D eigenvalue weighted by Crippen LogP contribution is -2.31. The molecule has 1 atom stereocenters. The first kappa shape index (κ1) is 28.9. The number of nitrogens with zero attached hydrogens (tertiary/aromatic N) is 2. The molecule has 3 aromatic carbocycles. The highest BCUT2D eigenvalue weighted by Crippen LogP contribution is 2.42. The zero-order chi connectivity index (χ0) is 27.9. The minimum atomic E-state index is -0.720. The number of aromatic nitrogens is 1. The fourth-order valence-corrected chi connectivity index (χ4v) is 5.36. The molecule has 6 nitrogen and oxygen atoms in total. The molecule has 0 aliphatic carbocycles. The highest BCUT2D eigenvalue weighted by Gasteiger charge is 2.22. The number of hydrogen-bond donors (Lipinski definition) is 1. The zero-order valence-corrected chi connectivity index (χ0v) is 24.3. The van der Waals surface area contributed by atoms with E-state index < -0.39 is 6.10 Å². The van der Waals surface area contributed by atoms with E-state index in [1.807, 2.05) is 48.5 Å². The van der Waals surface area contributed by atoms with Gasteiger partial charge in [-0.05, 0) is 55.8 Å². The molecule has 0 bridgehead atoms. The van der Waals surface area contributed by atoms with Gasteiger partial charge in [0.15, 0.2) is 11.5 Å². The van der Waals surface area contributed by atoms with Crippen LogP contribution in [0.15, 0.2) is 48.5 Å². The highest BCUT2D eigenvalue weighted by atomic mass is 35.5. The van der Waals surface area contributed by atoms with Gasteiger partial charge in [0, 0.05) is 33.3 Å². The molecule has 4 aromatic rings. The van der Waals surface area contributed by atoms with Gasteiger partial charge in [-0.1, -0.05) is 62.6 Å². The number of ether oxygens (including phenoxy) is 3. The summed E-state index contributed by atoms with van der Waals surface area (Å²) in [5, 5.41) is 15.1. The molecule has 4 rings (SSSR count). The molecule has 0 aliphatic rings. The Labute approximate surface area is 236 Å². The minimum absolute atomic E-state index is 0.518. The number of pyridine rings is 1. The van der Waals surface area contributed by atoms with Crippen LogP contribution in [-0.2, 0) is 0 Å². The Kier molecular flexibility index (Phi) is 9.89. The molecule has 208 valence electrons. The van der Waals surface area contributed by atoms with Gasteiger partial charge in [0.25, 0.3) is 0 Å². The number of halogens is 1. The predicted molar refractivity (Wildman–Crippen MR) is 161 cm³/mol. The van der Waals surface area contributed by atoms with E-state index in [1.165, 1.54) is 0 Å². The van der Waals surface area contributed by atoms with Gasteiger partial charge >= 0.3 is 0 Å². The van der Waals surface area contributed by atoms with Crippen molar-refractivity contribution >= 4 is 33.3 Å². The third-order valence-electron chi connectivity index (χ3n) is 7.21. The molecular formula is C32H39ClN2O4. The summed E-state index contributed by atoms with van der Waals surface area (Å²) in [6.07, 6.45) is 3.71. The second kappa shape index (κ2) is 13.3. The van der Waals surface area contributed by atoms with Gasteiger partial charge in [-0.15, -0.1) is 0 Å². The van der Waals surface area contributed by atoms with Crippen LogP contribution in [0.3, 0.4) is 0 Å². The quantitative estimate of drug-likeness (QED) is 0.172. The summed E-state index contributed by atoms with van der Waals surface area (Å²) >= 11 is 6.76. The molecule has 0 saturated carbocycles. The summed E-state index contributed by atoms with van der Waals surface area (Å²) in [6.45, 7) is 6.85. The molecular weight excluding hydrogens is 512 g/mol. The van der Waals surface area contributed by atoms with Crippen molar-refractivity contribution in [3.05, 3.63) is 59.1 Å². The topological polar surface area (TPSA) is 64.1 Å². The third-order valence-corrected chi connectivity index (χ3v) is 7.52. The molecule has 0 saturated heterocycles. The van der Waals surface area contributed by atoms with E-state index in [9.17, 15) is 5.11 Å². The van der Waals surface area contributed by atoms with Gasteiger partial charge in [-0.2, -0.15) is 0 Å². The van der Waals surface area contributed by atoms with Crippen LogP contribution >= 0.6 is 11.6 Å². The standard InChI is InChI=1S/C32H39ClN2O4/c1-6-8-14-35(15-9-7-2)20-28(36)24-19-27(21-16-29(37-3)32(39-5)30(17-21)38-4)34-31-23-13-11-10-12-22(23)26(33)18-25(24)31/h10-13,16-19,28,36H,6-9,14-15,20H2,1-5H3. The molecule has 0 spiro atoms. The van der Waals surface area contributed by atoms with Crippen molar-refractivity contribution in [1.82, 2.24) is 9.88 Å². The number of aliphatic hydroxyl groups excluding tert-OH is 1. The van der Waals surface area contributed by atoms with Crippen LogP contribution in [0.4, 0.5) is 0 Å². The first-order chi connectivity index (χ1) is 18.9. The van der Waals surface area contributed by atoms with Crippen LogP contribution in [0.2, 0.25) is 5.02 Å². The van der Waals surface area contributed by atoms with E-state index in [1.54, 1.807) is 21.3 Å². The maximum atomic E-state index is 11.7. The second-order valence-electron chi connectivity index (χ2n) is 9.83. The Morgan fingerprint density at radius 1 is 0.846 bits per heavy atom. The van der Waals surface area contributed by atoms with E-state index in [0.717, 1.165) is 71.6 Å². The van der Waals surface area contributed by atoms with Crippen LogP contribution in [0, 0.1) is 0 Å². The number of fused-ring (bicyclic) bond motifs is 3. The number of unbranched alkanes of at least 4 members (excludes halogenated alkanes) is 2. The molecule has 0 fully saturated rings. The molecule has 7 heteroatoms. The number of rotatable bonds is 13. The number of hydrogen-bond acceptors (Lipinski definition) is 6. The maximum absolute atomic E-state index is 11.7. The lowest BCUT2D eigenvalue weighted by Gasteiger charge is -2.26. The Morgan fingerprint density at radius 2 is 1.46 bits per heavy atom. The zero-order valence-electron chi connectivity index (χ0n) is 23.6. The SMILES string of the molecule is CCCCN(CCCC)CC(O)c1cc(-c2cc(OC)c(OC)c(OC)c2)nc2c1cc(Cl)c1ccccc12. The summed E-state index contributed by atoms with van der Waals surface area (Å²) in [4.78, 5) is 7.47. The van der Waals surface area contributed by atoms with Gasteiger partial charge in [0.1, 0.15) is 0 Å². The lowest BCUT2D eigenvalue weighted by atomic mass is 9.96. The third kappa shape index (κ3) is 6.24. The molecule has 39 heavy (non-hydrogen) atoms. The van der Waals surface area contributed by atoms with E-state index >= 15 is 0 Å². The maximum Gasteiger partial charge on any atom is 0.203 e. The normalized spacial score (nSPS) is 12.3. The lowest BCUT2D eigenvalue weighted by molar-refractivity contribution is 0.112. The number of benzene rings is 3. The average molecular weight is 551 g/mol. The fraction of sp³-hybridized carbons (Fsp3) is 0.406. The summed E-state index contributed by atoms with van der Waals surface area (Å²) in [5.41, 5.74) is 3.10. The predicted octanol–water partition coefficient (Wildman–Crippen LogP) is 7.67. The molecule has 1 N–H and O–H groups in total. The van der Waals surface area contributed by atoms with Gasteiger partial charge in [0.2, 0.25) is 5.75 Å². The molecule has 1 aromatic heterocycles. The van der Waals surface area contributed by atoms with E-state index in [-0.39, 0.29) is 0 Å². The largest absolute Gasteiger partial charge is 0.493 e. The van der Waals surface area contributed by atoms with Crippen molar-refractivity contribution in [2.45, 2.75) is 45.6 Å². The van der Waals surface area contributed by atoms with Crippen molar-refractivity contribution in [2.24, 2.45) is 0 Å². The molecule has 1 unspecified atom stereocenters. The summed E-state index contributed by atoms with van der Waals surface area (Å²) in [7, 11) is 4.78. The molecule has 0 amide bonds. The van der Waals surface area contributed by atoms with Crippen LogP contribution in [0.25, 0.3) is 32.9 Å². The van der Waals surface area contributed by atoms with Gasteiger partial charge in [0.05, 0.1) is 38.6 Å². The van der Waals surface area contributed by atoms with Crippen molar-refractivity contribution in [3.8, 4) is 28.5 Å². The average Bonchev–Trinajstić information content (AvgIpc) is 2.97. The second-order valence-corrected chi connectivity index (χ2v) is 10.2. The van der Waals surface area contributed by atoms with Crippen molar-refractivity contribution in [3.63, 3.8) is 0 Å². The Balaban J connectivity index is 1.92. The van der Waals surface area contributed by atoms with E-state index in [4.69, 9.17) is 30.8 Å². The molecule has 0 radical (unpaired) electrons. The van der Waals surface area contributed by atoms with Crippen LogP contribution in [-0.4, -0.2) is 56.0 Å². The monoisotopic (exact) mass is 550 g/mol. The minimum Gasteiger partial charge on any atom is -0.493 e. The smallest absolute Gasteiger partial charge is 0.203 e. The van der Waals surface area contributed by atoms with Crippen molar-refractivity contribution in [2.75, 3.05) is 41.0 Å². The Hall–Kier alpha value is -3.06. The van der Waals surface area contributed by atoms with Crippen molar-refractivity contribution < 1.29 is 19.3 Å². The molecule has 0 aliphatic heterocycles. The van der Waals surface area contributed by atoms with E-state index in [2.05, 4.69) is 18.7 Å². The summed E-state index contributed by atoms with van der Waals surface area (Å²) in [5.74, 6) is 1.61. The summed E-state index contributed by atoms with van der Waals surface area (Å²) in [6, 6.07) is 15.7. The fourth-order valence-electron chi connectivity index (χ4n) is 5.09. The number of methoxy groups -OCH3 is 3. The Morgan fingerprint density at radius 3 is 2.03 bits per heavy atom. The number of aliphatic hydroxyl groups is 1. The van der Waals surface area contributed by atoms with Crippen molar-refractivity contribution in [1.29, 1.82) is 0 Å². The van der Waals surface area contributed by atoms with Gasteiger partial charge in [-0.25, -0.2) is 4.98 Å². The van der Waals surface area contributed by atoms with Crippen LogP contribution in [0.1, 0.15) is 51.2 Å². The van der Waals surface area contributed by atoms with Crippen LogP contribution < -0.4 is 14.2 Å². The van der Waals surface area contributed by atoms with Gasteiger partial charge in [-0.3, -0.25) is 0 Å². The first-order valence-electron chi connectivity index (χ1n) is 13.7. The molecule has 1 heterocycles. The van der Waals surface area contributed by atoms with Crippen LogP contribution in [0.5, 0.6) is 17.2 Å².